The van der Waals surface area contributed by atoms with Crippen LogP contribution in [0.2, 0.25) is 0 Å². The van der Waals surface area contributed by atoms with Crippen molar-refractivity contribution < 1.29 is 0 Å². The molecule has 0 saturated carbocycles. The van der Waals surface area contributed by atoms with Gasteiger partial charge in [0.2, 0.25) is 0 Å². The minimum absolute atomic E-state index is 0. The Hall–Kier alpha value is 2.17. The SMILES string of the molecule is BrC(Br)Br.I. The van der Waals surface area contributed by atoms with E-state index in [1.54, 1.807) is 0 Å². The Bertz CT molecular complexity index is 11.6. The normalized spacial score (nSPS) is 7.20. The Morgan fingerprint density at radius 3 is 1.00 bits per heavy atom. The highest BCUT2D eigenvalue weighted by Gasteiger charge is 1.77. The van der Waals surface area contributed by atoms with Crippen molar-refractivity contribution in [3.63, 3.8) is 0 Å². The van der Waals surface area contributed by atoms with Crippen molar-refractivity contribution in [2.24, 2.45) is 0 Å². The van der Waals surface area contributed by atoms with Gasteiger partial charge in [0.15, 0.2) is 0 Å². The summed E-state index contributed by atoms with van der Waals surface area (Å²) in [5.41, 5.74) is 0. The molecule has 0 aromatic heterocycles. The predicted octanol–water partition coefficient (Wildman–Crippen LogP) is 3.07. The number of hydrogen-bond acceptors (Lipinski definition) is 0. The molecule has 0 rings (SSSR count). The van der Waals surface area contributed by atoms with Gasteiger partial charge in [-0.15, -0.1) is 24.0 Å². The van der Waals surface area contributed by atoms with Gasteiger partial charge in [-0.05, 0) is 0 Å². The summed E-state index contributed by atoms with van der Waals surface area (Å²) >= 11 is 9.31. The fraction of sp³-hybridized carbons (Fsp3) is 1.00. The summed E-state index contributed by atoms with van der Waals surface area (Å²) in [5, 5.41) is 0. The van der Waals surface area contributed by atoms with E-state index < -0.39 is 0 Å². The molecule has 0 bridgehead atoms. The van der Waals surface area contributed by atoms with Crippen molar-refractivity contribution in [3.05, 3.63) is 0 Å². The molecular weight excluding hydrogens is 379 g/mol. The summed E-state index contributed by atoms with van der Waals surface area (Å²) in [6, 6.07) is 0. The van der Waals surface area contributed by atoms with Gasteiger partial charge in [0, 0.05) is 0 Å². The Morgan fingerprint density at radius 1 is 1.00 bits per heavy atom. The standard InChI is InChI=1S/CHBr3.HI/c2-1(3)4;/h1H;1H. The van der Waals surface area contributed by atoms with Crippen molar-refractivity contribution in [3.8, 4) is 0 Å². The van der Waals surface area contributed by atoms with E-state index in [2.05, 4.69) is 47.8 Å². The van der Waals surface area contributed by atoms with Crippen LogP contribution in [0.25, 0.3) is 0 Å². The van der Waals surface area contributed by atoms with E-state index in [1.165, 1.54) is 0 Å². The molecule has 5 heavy (non-hydrogen) atoms. The van der Waals surface area contributed by atoms with Gasteiger partial charge >= 0.3 is 0 Å². The average Bonchev–Trinajstić information content (AvgIpc) is 0.811. The van der Waals surface area contributed by atoms with E-state index in [-0.39, 0.29) is 26.6 Å². The molecule has 0 saturated heterocycles. The van der Waals surface area contributed by atoms with Crippen LogP contribution in [0.5, 0.6) is 0 Å². The summed E-state index contributed by atoms with van der Waals surface area (Å²) in [7, 11) is 0. The van der Waals surface area contributed by atoms with E-state index in [9.17, 15) is 0 Å². The van der Waals surface area contributed by atoms with Crippen LogP contribution in [0.4, 0.5) is 0 Å². The van der Waals surface area contributed by atoms with Gasteiger partial charge in [0.25, 0.3) is 0 Å². The van der Waals surface area contributed by atoms with E-state index in [0.717, 1.165) is 0 Å². The summed E-state index contributed by atoms with van der Waals surface area (Å²) in [5.74, 6) is 0. The Kier molecular flexibility index (Phi) is 12.6. The first-order valence-corrected chi connectivity index (χ1v) is 3.40. The van der Waals surface area contributed by atoms with Gasteiger partial charge in [-0.2, -0.15) is 0 Å². The number of hydrogen-bond donors (Lipinski definition) is 0. The zero-order chi connectivity index (χ0) is 3.58. The smallest absolute Gasteiger partial charge is 0.107 e. The van der Waals surface area contributed by atoms with Gasteiger partial charge in [-0.3, -0.25) is 0 Å². The van der Waals surface area contributed by atoms with Crippen LogP contribution < -0.4 is 0 Å². The molecule has 0 nitrogen and oxygen atoms in total. The second-order valence-electron chi connectivity index (χ2n) is 0.247. The molecule has 0 aromatic carbocycles. The Labute approximate surface area is 73.5 Å². The van der Waals surface area contributed by atoms with Crippen molar-refractivity contribution in [1.29, 1.82) is 0 Å². The second-order valence-corrected chi connectivity index (χ2v) is 6.68. The summed E-state index contributed by atoms with van der Waals surface area (Å²) in [6.07, 6.45) is 0. The molecule has 4 heteroatoms. The van der Waals surface area contributed by atoms with Gasteiger partial charge in [-0.1, -0.05) is 47.8 Å². The zero-order valence-corrected chi connectivity index (χ0v) is 9.21. The lowest BCUT2D eigenvalue weighted by Crippen LogP contribution is -1.49. The van der Waals surface area contributed by atoms with E-state index in [0.29, 0.717) is 0 Å². The number of halogens is 4. The molecule has 0 aromatic rings. The largest absolute Gasteiger partial charge is 0.124 e. The highest BCUT2D eigenvalue weighted by Crippen LogP contribution is 2.13. The van der Waals surface area contributed by atoms with Gasteiger partial charge in [0.05, 0.1) is 0 Å². The van der Waals surface area contributed by atoms with Crippen LogP contribution in [-0.2, 0) is 0 Å². The average molecular weight is 381 g/mol. The van der Waals surface area contributed by atoms with Crippen molar-refractivity contribution in [1.82, 2.24) is 0 Å². The fourth-order valence-corrected chi connectivity index (χ4v) is 0. The highest BCUT2D eigenvalue weighted by molar-refractivity contribution is 14.0. The maximum absolute atomic E-state index is 3.10. The number of alkyl halides is 3. The molecule has 0 unspecified atom stereocenters. The summed E-state index contributed by atoms with van der Waals surface area (Å²) in [6.45, 7) is 0. The lowest BCUT2D eigenvalue weighted by atomic mass is 12.0. The van der Waals surface area contributed by atoms with Gasteiger partial charge in [0.1, 0.15) is 2.65 Å². The monoisotopic (exact) mass is 378 g/mol. The molecule has 0 atom stereocenters. The third kappa shape index (κ3) is 22.8. The van der Waals surface area contributed by atoms with Crippen LogP contribution in [0, 0.1) is 0 Å². The summed E-state index contributed by atoms with van der Waals surface area (Å²) in [4.78, 5) is 0. The van der Waals surface area contributed by atoms with E-state index in [1.807, 2.05) is 0 Å². The molecule has 0 aliphatic carbocycles. The predicted molar refractivity (Wildman–Crippen MR) is 46.0 cm³/mol. The highest BCUT2D eigenvalue weighted by atomic mass is 127. The maximum Gasteiger partial charge on any atom is 0.124 e. The molecule has 0 amide bonds. The Morgan fingerprint density at radius 2 is 1.00 bits per heavy atom. The first-order valence-electron chi connectivity index (χ1n) is 0.655. The van der Waals surface area contributed by atoms with Crippen LogP contribution in [0.15, 0.2) is 0 Å². The molecule has 0 aliphatic heterocycles. The van der Waals surface area contributed by atoms with Crippen LogP contribution >= 0.6 is 71.8 Å². The maximum atomic E-state index is 3.10. The molecule has 34 valence electrons. The molecule has 0 fully saturated rings. The van der Waals surface area contributed by atoms with Crippen LogP contribution in [0.1, 0.15) is 0 Å². The number of rotatable bonds is 0. The van der Waals surface area contributed by atoms with Crippen LogP contribution in [-0.4, -0.2) is 2.65 Å². The second kappa shape index (κ2) is 6.17. The van der Waals surface area contributed by atoms with Gasteiger partial charge in [-0.25, -0.2) is 0 Å². The van der Waals surface area contributed by atoms with Crippen LogP contribution in [0.3, 0.4) is 0 Å². The third-order valence-corrected chi connectivity index (χ3v) is 0. The van der Waals surface area contributed by atoms with Crippen molar-refractivity contribution in [2.45, 2.75) is 2.65 Å². The van der Waals surface area contributed by atoms with Crippen molar-refractivity contribution in [2.75, 3.05) is 0 Å². The lowest BCUT2D eigenvalue weighted by molar-refractivity contribution is 2.28. The third-order valence-electron chi connectivity index (χ3n) is 0. The zero-order valence-electron chi connectivity index (χ0n) is 2.12. The molecular formula is CH2Br3I. The lowest BCUT2D eigenvalue weighted by Gasteiger charge is -1.70. The van der Waals surface area contributed by atoms with E-state index in [4.69, 9.17) is 0 Å². The fourth-order valence-electron chi connectivity index (χ4n) is 0. The molecule has 0 spiro atoms. The first-order chi connectivity index (χ1) is 1.73. The molecule has 0 radical (unpaired) electrons. The topological polar surface area (TPSA) is 0 Å². The van der Waals surface area contributed by atoms with E-state index >= 15 is 0 Å². The molecule has 0 aliphatic rings. The van der Waals surface area contributed by atoms with Gasteiger partial charge < -0.3 is 0 Å². The van der Waals surface area contributed by atoms with Crippen molar-refractivity contribution >= 4 is 71.8 Å². The summed E-state index contributed by atoms with van der Waals surface area (Å²) < 4.78 is 0.271. The molecule has 0 N–H and O–H groups in total. The first kappa shape index (κ1) is 10.2. The minimum Gasteiger partial charge on any atom is -0.107 e. The Balaban J connectivity index is 0. The molecule has 0 heterocycles. The quantitative estimate of drug-likeness (QED) is 0.448. The minimum atomic E-state index is 0.